The smallest absolute Gasteiger partial charge is 0.141 e. The van der Waals surface area contributed by atoms with Crippen LogP contribution in [0.5, 0.6) is 0 Å². The number of anilines is 2. The lowest BCUT2D eigenvalue weighted by molar-refractivity contribution is 0.326. The highest BCUT2D eigenvalue weighted by Crippen LogP contribution is 2.37. The van der Waals surface area contributed by atoms with Crippen molar-refractivity contribution in [1.82, 2.24) is 14.9 Å². The number of halogens is 1. The predicted molar refractivity (Wildman–Crippen MR) is 159 cm³/mol. The molecular formula is C32H38FN5. The first kappa shape index (κ1) is 27.0. The number of nitrogens with two attached hydrogens (primary N) is 1. The van der Waals surface area contributed by atoms with Crippen LogP contribution in [0.3, 0.4) is 0 Å². The second-order valence-corrected chi connectivity index (χ2v) is 10.2. The first-order valence-electron chi connectivity index (χ1n) is 13.2. The van der Waals surface area contributed by atoms with Crippen LogP contribution in [0.2, 0.25) is 0 Å². The molecule has 0 unspecified atom stereocenters. The van der Waals surface area contributed by atoms with Crippen molar-refractivity contribution in [2.45, 2.75) is 40.0 Å². The van der Waals surface area contributed by atoms with Gasteiger partial charge in [-0.2, -0.15) is 0 Å². The molecule has 3 aromatic rings. The number of rotatable bonds is 9. The fourth-order valence-corrected chi connectivity index (χ4v) is 4.84. The van der Waals surface area contributed by atoms with Gasteiger partial charge in [-0.05, 0) is 62.4 Å². The van der Waals surface area contributed by atoms with E-state index in [2.05, 4.69) is 53.8 Å². The van der Waals surface area contributed by atoms with E-state index in [1.54, 1.807) is 24.5 Å². The fraction of sp³-hybridized carbons (Fsp3) is 0.281. The van der Waals surface area contributed by atoms with Crippen molar-refractivity contribution in [2.24, 2.45) is 5.92 Å². The number of nitrogens with zero attached hydrogens (tertiary/aromatic N) is 2. The van der Waals surface area contributed by atoms with Gasteiger partial charge in [-0.15, -0.1) is 0 Å². The molecule has 1 aliphatic heterocycles. The molecule has 4 N–H and O–H groups in total. The summed E-state index contributed by atoms with van der Waals surface area (Å²) in [5.41, 5.74) is 14.0. The van der Waals surface area contributed by atoms with Crippen LogP contribution in [0, 0.1) is 18.7 Å². The van der Waals surface area contributed by atoms with Crippen LogP contribution in [-0.4, -0.2) is 28.0 Å². The van der Waals surface area contributed by atoms with Gasteiger partial charge < -0.3 is 20.9 Å². The number of aromatic nitrogens is 2. The van der Waals surface area contributed by atoms with Crippen LogP contribution in [0.1, 0.15) is 55.6 Å². The zero-order valence-electron chi connectivity index (χ0n) is 22.7. The van der Waals surface area contributed by atoms with Gasteiger partial charge >= 0.3 is 0 Å². The summed E-state index contributed by atoms with van der Waals surface area (Å²) >= 11 is 0. The van der Waals surface area contributed by atoms with E-state index in [0.717, 1.165) is 47.1 Å². The minimum absolute atomic E-state index is 0.257. The molecule has 0 amide bonds. The number of aromatic amines is 1. The number of aryl methyl sites for hydroxylation is 1. The summed E-state index contributed by atoms with van der Waals surface area (Å²) in [5.74, 6) is -0.170. The first-order chi connectivity index (χ1) is 18.2. The molecule has 0 bridgehead atoms. The molecule has 0 aliphatic carbocycles. The number of benzene rings is 1. The molecule has 1 aromatic carbocycles. The van der Waals surface area contributed by atoms with Crippen molar-refractivity contribution in [1.29, 1.82) is 0 Å². The third kappa shape index (κ3) is 5.59. The fourth-order valence-electron chi connectivity index (χ4n) is 4.84. The van der Waals surface area contributed by atoms with Crippen LogP contribution in [0.4, 0.5) is 15.8 Å². The monoisotopic (exact) mass is 511 g/mol. The van der Waals surface area contributed by atoms with Crippen LogP contribution in [-0.2, 0) is 0 Å². The van der Waals surface area contributed by atoms with Crippen molar-refractivity contribution in [3.05, 3.63) is 103 Å². The number of nitrogens with one attached hydrogen (secondary N) is 2. The maximum absolute atomic E-state index is 16.1. The number of H-pyrrole nitrogens is 1. The van der Waals surface area contributed by atoms with E-state index in [1.165, 1.54) is 19.3 Å². The summed E-state index contributed by atoms with van der Waals surface area (Å²) in [7, 11) is 0. The molecule has 0 spiro atoms. The van der Waals surface area contributed by atoms with E-state index in [9.17, 15) is 0 Å². The Balaban J connectivity index is 1.70. The van der Waals surface area contributed by atoms with Gasteiger partial charge in [0, 0.05) is 75.6 Å². The number of hydrogen-bond acceptors (Lipinski definition) is 4. The van der Waals surface area contributed by atoms with Gasteiger partial charge in [0.25, 0.3) is 0 Å². The highest BCUT2D eigenvalue weighted by Gasteiger charge is 2.22. The highest BCUT2D eigenvalue weighted by molar-refractivity contribution is 5.88. The van der Waals surface area contributed by atoms with Crippen LogP contribution in [0.15, 0.2) is 74.2 Å². The average Bonchev–Trinajstić information content (AvgIpc) is 3.29. The lowest BCUT2D eigenvalue weighted by Crippen LogP contribution is -2.28. The van der Waals surface area contributed by atoms with Crippen molar-refractivity contribution >= 4 is 22.6 Å². The van der Waals surface area contributed by atoms with Gasteiger partial charge in [-0.25, -0.2) is 4.39 Å². The van der Waals surface area contributed by atoms with Crippen molar-refractivity contribution in [3.63, 3.8) is 0 Å². The molecule has 4 rings (SSSR count). The van der Waals surface area contributed by atoms with E-state index < -0.39 is 5.82 Å². The Labute approximate surface area is 225 Å². The number of nitrogen functional groups attached to an aromatic ring is 1. The molecule has 0 saturated carbocycles. The standard InChI is InChI=1S/C32H38FN5/c1-7-11-30(38-14-9-8-10-15-38)27-17-29(37-23(27)6)21(4)31-28(34)13-12-26(32(31)33)24-16-25(19-35-18-24)36-22(5)20(2)3/h7,11-13,16-20,36-37H,1,4-5,8-10,14-15,34H2,2-3,6H3/b30-11+. The minimum Gasteiger partial charge on any atom is -0.398 e. The van der Waals surface area contributed by atoms with Gasteiger partial charge in [0.1, 0.15) is 5.82 Å². The van der Waals surface area contributed by atoms with E-state index in [-0.39, 0.29) is 11.5 Å². The summed E-state index contributed by atoms with van der Waals surface area (Å²) in [6, 6.07) is 7.31. The molecule has 2 aromatic heterocycles. The maximum Gasteiger partial charge on any atom is 0.141 e. The van der Waals surface area contributed by atoms with E-state index in [0.29, 0.717) is 22.4 Å². The molecule has 1 aliphatic rings. The molecule has 0 atom stereocenters. The minimum atomic E-state index is -0.427. The van der Waals surface area contributed by atoms with Gasteiger partial charge in [0.05, 0.1) is 11.9 Å². The molecule has 0 radical (unpaired) electrons. The molecular weight excluding hydrogens is 473 g/mol. The lowest BCUT2D eigenvalue weighted by Gasteiger charge is -2.31. The average molecular weight is 512 g/mol. The Morgan fingerprint density at radius 3 is 2.58 bits per heavy atom. The zero-order valence-corrected chi connectivity index (χ0v) is 22.7. The van der Waals surface area contributed by atoms with Crippen molar-refractivity contribution in [2.75, 3.05) is 24.1 Å². The second kappa shape index (κ2) is 11.5. The Morgan fingerprint density at radius 1 is 1.16 bits per heavy atom. The van der Waals surface area contributed by atoms with Gasteiger partial charge in [0.15, 0.2) is 0 Å². The summed E-state index contributed by atoms with van der Waals surface area (Å²) in [5, 5.41) is 3.26. The predicted octanol–water partition coefficient (Wildman–Crippen LogP) is 7.76. The summed E-state index contributed by atoms with van der Waals surface area (Å²) < 4.78 is 16.1. The van der Waals surface area contributed by atoms with Gasteiger partial charge in [-0.1, -0.05) is 39.7 Å². The Kier molecular flexibility index (Phi) is 8.20. The maximum atomic E-state index is 16.1. The summed E-state index contributed by atoms with van der Waals surface area (Å²) in [6.45, 7) is 20.4. The molecule has 1 fully saturated rings. The van der Waals surface area contributed by atoms with Crippen LogP contribution >= 0.6 is 0 Å². The Bertz CT molecular complexity index is 1390. The highest BCUT2D eigenvalue weighted by atomic mass is 19.1. The van der Waals surface area contributed by atoms with E-state index in [4.69, 9.17) is 5.73 Å². The molecule has 198 valence electrons. The quantitative estimate of drug-likeness (QED) is 0.203. The second-order valence-electron chi connectivity index (χ2n) is 10.2. The molecule has 38 heavy (non-hydrogen) atoms. The summed E-state index contributed by atoms with van der Waals surface area (Å²) in [6.07, 6.45) is 10.8. The largest absolute Gasteiger partial charge is 0.398 e. The number of likely N-dealkylation sites (tertiary alicyclic amines) is 1. The zero-order chi connectivity index (χ0) is 27.4. The number of piperidine rings is 1. The number of hydrogen-bond donors (Lipinski definition) is 3. The van der Waals surface area contributed by atoms with Gasteiger partial charge in [0.2, 0.25) is 0 Å². The molecule has 3 heterocycles. The van der Waals surface area contributed by atoms with Crippen LogP contribution in [0.25, 0.3) is 22.4 Å². The van der Waals surface area contributed by atoms with E-state index in [1.807, 2.05) is 31.2 Å². The van der Waals surface area contributed by atoms with Crippen molar-refractivity contribution in [3.8, 4) is 11.1 Å². The topological polar surface area (TPSA) is 70.0 Å². The molecule has 1 saturated heterocycles. The lowest BCUT2D eigenvalue weighted by atomic mass is 9.95. The van der Waals surface area contributed by atoms with E-state index >= 15 is 4.39 Å². The Hall–Kier alpha value is -4.06. The number of allylic oxidation sites excluding steroid dienone is 3. The normalized spacial score (nSPS) is 14.0. The summed E-state index contributed by atoms with van der Waals surface area (Å²) in [4.78, 5) is 10.1. The van der Waals surface area contributed by atoms with Crippen molar-refractivity contribution < 1.29 is 4.39 Å². The molecule has 6 heteroatoms. The number of pyridine rings is 1. The Morgan fingerprint density at radius 2 is 1.89 bits per heavy atom. The van der Waals surface area contributed by atoms with Crippen LogP contribution < -0.4 is 11.1 Å². The molecule has 5 nitrogen and oxygen atoms in total. The first-order valence-corrected chi connectivity index (χ1v) is 13.2. The third-order valence-electron chi connectivity index (χ3n) is 7.12. The SMILES string of the molecule is C=C/C=C(\c1cc(C(=C)c2c(N)ccc(-c3cncc(NC(=C)C(C)C)c3)c2F)[nH]c1C)N1CCCCC1. The third-order valence-corrected chi connectivity index (χ3v) is 7.12. The van der Waals surface area contributed by atoms with Gasteiger partial charge in [-0.3, -0.25) is 4.98 Å².